The van der Waals surface area contributed by atoms with Gasteiger partial charge in [-0.05, 0) is 48.2 Å². The number of fused-ring (bicyclic) bond motifs is 4. The van der Waals surface area contributed by atoms with Crippen LogP contribution in [-0.4, -0.2) is 15.8 Å². The molecule has 2 aromatic heterocycles. The SMILES string of the molecule is O=C1CCCC2=C1[C@@H](c1cccnc1)Nc1ccc3ncccc3c12. The zero-order valence-electron chi connectivity index (χ0n) is 13.7. The highest BCUT2D eigenvalue weighted by Gasteiger charge is 2.34. The van der Waals surface area contributed by atoms with Gasteiger partial charge in [0.15, 0.2) is 5.78 Å². The first-order valence-corrected chi connectivity index (χ1v) is 8.64. The Bertz CT molecular complexity index is 1020. The molecule has 1 N–H and O–H groups in total. The number of Topliss-reactive ketones (excluding diaryl/α,β-unsaturated/α-hetero) is 1. The number of aromatic nitrogens is 2. The molecule has 25 heavy (non-hydrogen) atoms. The van der Waals surface area contributed by atoms with Gasteiger partial charge in [0.1, 0.15) is 0 Å². The number of allylic oxidation sites excluding steroid dienone is 1. The number of carbonyl (C=O) groups excluding carboxylic acids is 1. The number of benzene rings is 1. The van der Waals surface area contributed by atoms with Crippen LogP contribution < -0.4 is 5.32 Å². The van der Waals surface area contributed by atoms with Crippen LogP contribution in [0, 0.1) is 0 Å². The van der Waals surface area contributed by atoms with Crippen molar-refractivity contribution in [1.29, 1.82) is 0 Å². The number of nitrogens with one attached hydrogen (secondary N) is 1. The van der Waals surface area contributed by atoms with E-state index in [0.29, 0.717) is 6.42 Å². The normalized spacial score (nSPS) is 19.4. The molecule has 0 spiro atoms. The van der Waals surface area contributed by atoms with Gasteiger partial charge in [-0.25, -0.2) is 0 Å². The highest BCUT2D eigenvalue weighted by Crippen LogP contribution is 2.47. The van der Waals surface area contributed by atoms with Gasteiger partial charge in [-0.2, -0.15) is 0 Å². The van der Waals surface area contributed by atoms with Crippen molar-refractivity contribution in [3.05, 3.63) is 71.7 Å². The average molecular weight is 327 g/mol. The quantitative estimate of drug-likeness (QED) is 0.724. The van der Waals surface area contributed by atoms with Crippen LogP contribution in [0.5, 0.6) is 0 Å². The van der Waals surface area contributed by atoms with E-state index in [1.807, 2.05) is 36.7 Å². The van der Waals surface area contributed by atoms with Gasteiger partial charge in [0.2, 0.25) is 0 Å². The highest BCUT2D eigenvalue weighted by atomic mass is 16.1. The van der Waals surface area contributed by atoms with E-state index >= 15 is 0 Å². The van der Waals surface area contributed by atoms with Crippen LogP contribution in [0.25, 0.3) is 16.5 Å². The fraction of sp³-hybridized carbons (Fsp3) is 0.190. The van der Waals surface area contributed by atoms with Crippen molar-refractivity contribution < 1.29 is 4.79 Å². The fourth-order valence-corrected chi connectivity index (χ4v) is 4.08. The molecule has 3 heterocycles. The van der Waals surface area contributed by atoms with Crippen LogP contribution in [0.4, 0.5) is 5.69 Å². The minimum absolute atomic E-state index is 0.127. The molecule has 1 aliphatic carbocycles. The lowest BCUT2D eigenvalue weighted by atomic mass is 9.77. The van der Waals surface area contributed by atoms with E-state index in [9.17, 15) is 4.79 Å². The smallest absolute Gasteiger partial charge is 0.161 e. The van der Waals surface area contributed by atoms with Crippen molar-refractivity contribution in [3.63, 3.8) is 0 Å². The van der Waals surface area contributed by atoms with E-state index in [0.717, 1.165) is 46.1 Å². The van der Waals surface area contributed by atoms with Gasteiger partial charge in [-0.15, -0.1) is 0 Å². The Morgan fingerprint density at radius 2 is 1.96 bits per heavy atom. The Morgan fingerprint density at radius 3 is 2.84 bits per heavy atom. The number of nitrogens with zero attached hydrogens (tertiary/aromatic N) is 2. The summed E-state index contributed by atoms with van der Waals surface area (Å²) >= 11 is 0. The zero-order chi connectivity index (χ0) is 16.8. The monoisotopic (exact) mass is 327 g/mol. The summed E-state index contributed by atoms with van der Waals surface area (Å²) in [6.45, 7) is 0. The Hall–Kier alpha value is -3.01. The molecule has 4 heteroatoms. The molecular formula is C21H17N3O. The van der Waals surface area contributed by atoms with Crippen molar-refractivity contribution >= 4 is 27.9 Å². The molecule has 2 aliphatic rings. The van der Waals surface area contributed by atoms with Gasteiger partial charge in [0, 0.05) is 47.2 Å². The van der Waals surface area contributed by atoms with Crippen molar-refractivity contribution in [2.24, 2.45) is 0 Å². The molecule has 1 atom stereocenters. The number of anilines is 1. The first-order chi connectivity index (χ1) is 12.3. The Morgan fingerprint density at radius 1 is 1.04 bits per heavy atom. The van der Waals surface area contributed by atoms with Gasteiger partial charge in [0.05, 0.1) is 11.6 Å². The third-order valence-corrected chi connectivity index (χ3v) is 5.15. The number of rotatable bonds is 1. The van der Waals surface area contributed by atoms with E-state index in [2.05, 4.69) is 27.4 Å². The molecule has 3 aromatic rings. The first kappa shape index (κ1) is 14.3. The molecule has 0 radical (unpaired) electrons. The third-order valence-electron chi connectivity index (χ3n) is 5.15. The number of hydrogen-bond acceptors (Lipinski definition) is 4. The molecule has 0 saturated carbocycles. The summed E-state index contributed by atoms with van der Waals surface area (Å²) < 4.78 is 0. The zero-order valence-corrected chi connectivity index (χ0v) is 13.7. The molecular weight excluding hydrogens is 310 g/mol. The third kappa shape index (κ3) is 2.18. The van der Waals surface area contributed by atoms with Gasteiger partial charge in [-0.1, -0.05) is 12.1 Å². The van der Waals surface area contributed by atoms with E-state index in [4.69, 9.17) is 0 Å². The second kappa shape index (κ2) is 5.52. The predicted octanol–water partition coefficient (Wildman–Crippen LogP) is 4.30. The topological polar surface area (TPSA) is 54.9 Å². The Balaban J connectivity index is 1.81. The summed E-state index contributed by atoms with van der Waals surface area (Å²) in [5.41, 5.74) is 6.30. The molecule has 0 bridgehead atoms. The van der Waals surface area contributed by atoms with Crippen LogP contribution in [0.1, 0.15) is 36.4 Å². The minimum atomic E-state index is -0.127. The van der Waals surface area contributed by atoms with Crippen molar-refractivity contribution in [2.75, 3.05) is 5.32 Å². The molecule has 4 nitrogen and oxygen atoms in total. The van der Waals surface area contributed by atoms with Gasteiger partial charge >= 0.3 is 0 Å². The average Bonchev–Trinajstić information content (AvgIpc) is 2.68. The standard InChI is InChI=1S/C21H17N3O/c25-18-7-1-5-15-19-14-6-3-11-23-16(14)8-9-17(19)24-21(20(15)18)13-4-2-10-22-12-13/h2-4,6,8-12,21,24H,1,5,7H2/t21-/m1/s1. The van der Waals surface area contributed by atoms with Crippen LogP contribution >= 0.6 is 0 Å². The van der Waals surface area contributed by atoms with Crippen LogP contribution in [0.2, 0.25) is 0 Å². The van der Waals surface area contributed by atoms with Gasteiger partial charge in [0.25, 0.3) is 0 Å². The maximum atomic E-state index is 12.8. The molecule has 0 amide bonds. The fourth-order valence-electron chi connectivity index (χ4n) is 4.08. The summed E-state index contributed by atoms with van der Waals surface area (Å²) in [5.74, 6) is 0.245. The number of pyridine rings is 2. The molecule has 122 valence electrons. The van der Waals surface area contributed by atoms with Crippen LogP contribution in [0.3, 0.4) is 0 Å². The van der Waals surface area contributed by atoms with E-state index in [-0.39, 0.29) is 11.8 Å². The molecule has 1 aromatic carbocycles. The van der Waals surface area contributed by atoms with Crippen molar-refractivity contribution in [2.45, 2.75) is 25.3 Å². The molecule has 1 aliphatic heterocycles. The minimum Gasteiger partial charge on any atom is -0.373 e. The predicted molar refractivity (Wildman–Crippen MR) is 98.1 cm³/mol. The molecule has 5 rings (SSSR count). The summed E-state index contributed by atoms with van der Waals surface area (Å²) in [6.07, 6.45) is 7.88. The summed E-state index contributed by atoms with van der Waals surface area (Å²) in [5, 5.41) is 4.70. The van der Waals surface area contributed by atoms with E-state index in [1.54, 1.807) is 6.20 Å². The van der Waals surface area contributed by atoms with Crippen molar-refractivity contribution in [1.82, 2.24) is 9.97 Å². The molecule has 0 unspecified atom stereocenters. The Labute approximate surface area is 145 Å². The van der Waals surface area contributed by atoms with E-state index < -0.39 is 0 Å². The summed E-state index contributed by atoms with van der Waals surface area (Å²) in [4.78, 5) is 21.5. The van der Waals surface area contributed by atoms with Crippen LogP contribution in [-0.2, 0) is 4.79 Å². The maximum Gasteiger partial charge on any atom is 0.161 e. The number of ketones is 1. The number of carbonyl (C=O) groups is 1. The van der Waals surface area contributed by atoms with E-state index in [1.165, 1.54) is 5.57 Å². The largest absolute Gasteiger partial charge is 0.373 e. The second-order valence-corrected chi connectivity index (χ2v) is 6.59. The first-order valence-electron chi connectivity index (χ1n) is 8.64. The number of hydrogen-bond donors (Lipinski definition) is 1. The highest BCUT2D eigenvalue weighted by molar-refractivity contribution is 6.12. The molecule has 0 saturated heterocycles. The lowest BCUT2D eigenvalue weighted by Crippen LogP contribution is -2.27. The lowest BCUT2D eigenvalue weighted by Gasteiger charge is -2.34. The maximum absolute atomic E-state index is 12.8. The van der Waals surface area contributed by atoms with Crippen LogP contribution in [0.15, 0.2) is 60.6 Å². The lowest BCUT2D eigenvalue weighted by molar-refractivity contribution is -0.116. The Kier molecular flexibility index (Phi) is 3.17. The van der Waals surface area contributed by atoms with Gasteiger partial charge in [-0.3, -0.25) is 14.8 Å². The summed E-state index contributed by atoms with van der Waals surface area (Å²) in [6, 6.07) is 12.0. The van der Waals surface area contributed by atoms with Crippen molar-refractivity contribution in [3.8, 4) is 0 Å². The molecule has 0 fully saturated rings. The summed E-state index contributed by atoms with van der Waals surface area (Å²) in [7, 11) is 0. The van der Waals surface area contributed by atoms with Gasteiger partial charge < -0.3 is 5.32 Å². The second-order valence-electron chi connectivity index (χ2n) is 6.59.